The van der Waals surface area contributed by atoms with Crippen LogP contribution in [0.25, 0.3) is 11.4 Å². The van der Waals surface area contributed by atoms with E-state index in [2.05, 4.69) is 52.7 Å². The van der Waals surface area contributed by atoms with Crippen LogP contribution in [0, 0.1) is 13.8 Å². The first-order valence-corrected chi connectivity index (χ1v) is 11.4. The average molecular weight is 461 g/mol. The highest BCUT2D eigenvalue weighted by Gasteiger charge is 2.41. The Labute approximate surface area is 198 Å². The molecule has 0 radical (unpaired) electrons. The number of fused-ring (bicyclic) bond motifs is 1. The van der Waals surface area contributed by atoms with Crippen LogP contribution in [-0.2, 0) is 11.3 Å². The Morgan fingerprint density at radius 3 is 2.71 bits per heavy atom. The number of carbonyl (C=O) groups excluding carboxylic acids is 1. The molecule has 0 bridgehead atoms. The van der Waals surface area contributed by atoms with Gasteiger partial charge in [0.25, 0.3) is 5.91 Å². The molecule has 1 fully saturated rings. The Kier molecular flexibility index (Phi) is 5.79. The molecule has 1 saturated heterocycles. The van der Waals surface area contributed by atoms with E-state index in [1.54, 1.807) is 11.3 Å². The number of nitrogens with zero attached hydrogens (tertiary/aromatic N) is 5. The van der Waals surface area contributed by atoms with Crippen LogP contribution in [0.4, 0.5) is 0 Å². The number of aryl methyl sites for hydroxylation is 2. The first-order valence-electron chi connectivity index (χ1n) is 11.4. The van der Waals surface area contributed by atoms with Crippen molar-refractivity contribution in [1.82, 2.24) is 25.6 Å². The molecule has 9 nitrogen and oxygen atoms in total. The monoisotopic (exact) mass is 460 g/mol. The van der Waals surface area contributed by atoms with Crippen LogP contribution in [-0.4, -0.2) is 44.5 Å². The lowest BCUT2D eigenvalue weighted by Crippen LogP contribution is -2.50. The van der Waals surface area contributed by atoms with Gasteiger partial charge in [-0.15, -0.1) is 0 Å². The van der Waals surface area contributed by atoms with Crippen molar-refractivity contribution < 1.29 is 14.1 Å². The van der Waals surface area contributed by atoms with Crippen LogP contribution in [0.2, 0.25) is 0 Å². The molecule has 1 aromatic heterocycles. The lowest BCUT2D eigenvalue weighted by molar-refractivity contribution is -0.137. The normalized spacial score (nSPS) is 19.7. The van der Waals surface area contributed by atoms with Gasteiger partial charge in [-0.25, -0.2) is 10.4 Å². The number of hydrazone groups is 1. The summed E-state index contributed by atoms with van der Waals surface area (Å²) in [4.78, 5) is 17.6. The number of aromatic nitrogens is 2. The molecule has 2 unspecified atom stereocenters. The highest BCUT2D eigenvalue weighted by Crippen LogP contribution is 2.32. The molecule has 3 aromatic rings. The summed E-state index contributed by atoms with van der Waals surface area (Å²) in [5.74, 6) is 1.47. The molecule has 2 aromatic carbocycles. The number of ether oxygens (including phenoxy) is 1. The second kappa shape index (κ2) is 8.90. The zero-order chi connectivity index (χ0) is 23.8. The fourth-order valence-corrected chi connectivity index (χ4v) is 4.39. The van der Waals surface area contributed by atoms with Gasteiger partial charge in [0.1, 0.15) is 24.7 Å². The fourth-order valence-electron chi connectivity index (χ4n) is 4.39. The predicted molar refractivity (Wildman–Crippen MR) is 127 cm³/mol. The van der Waals surface area contributed by atoms with E-state index in [9.17, 15) is 4.79 Å². The number of benzene rings is 2. The van der Waals surface area contributed by atoms with Gasteiger partial charge in [-0.1, -0.05) is 28.9 Å². The zero-order valence-corrected chi connectivity index (χ0v) is 19.7. The summed E-state index contributed by atoms with van der Waals surface area (Å²) in [6.45, 7) is 8.26. The Balaban J connectivity index is 1.25. The lowest BCUT2D eigenvalue weighted by atomic mass is 9.96. The molecule has 2 aliphatic heterocycles. The molecule has 0 aliphatic carbocycles. The summed E-state index contributed by atoms with van der Waals surface area (Å²) in [5, 5.41) is 11.6. The number of nitrogens with one attached hydrogen (secondary N) is 1. The number of amides is 1. The van der Waals surface area contributed by atoms with Gasteiger partial charge in [0, 0.05) is 5.56 Å². The van der Waals surface area contributed by atoms with Crippen molar-refractivity contribution in [1.29, 1.82) is 0 Å². The van der Waals surface area contributed by atoms with E-state index in [1.165, 1.54) is 21.7 Å². The molecule has 5 rings (SSSR count). The first-order chi connectivity index (χ1) is 16.4. The van der Waals surface area contributed by atoms with E-state index in [4.69, 9.17) is 9.26 Å². The summed E-state index contributed by atoms with van der Waals surface area (Å²) in [6.07, 6.45) is 2.42. The highest BCUT2D eigenvalue weighted by molar-refractivity contribution is 5.87. The third-order valence-corrected chi connectivity index (χ3v) is 5.99. The molecule has 1 amide bonds. The van der Waals surface area contributed by atoms with Crippen molar-refractivity contribution in [2.75, 3.05) is 0 Å². The van der Waals surface area contributed by atoms with Crippen LogP contribution in [0.5, 0.6) is 5.75 Å². The van der Waals surface area contributed by atoms with E-state index < -0.39 is 0 Å². The summed E-state index contributed by atoms with van der Waals surface area (Å²) < 4.78 is 11.1. The van der Waals surface area contributed by atoms with Crippen LogP contribution in [0.1, 0.15) is 48.9 Å². The fraction of sp³-hybridized carbons (Fsp3) is 0.360. The van der Waals surface area contributed by atoms with Gasteiger partial charge in [-0.2, -0.15) is 10.1 Å². The number of hydrogen-bond acceptors (Lipinski definition) is 8. The Morgan fingerprint density at radius 1 is 1.18 bits per heavy atom. The van der Waals surface area contributed by atoms with E-state index >= 15 is 0 Å². The van der Waals surface area contributed by atoms with Gasteiger partial charge >= 0.3 is 0 Å². The quantitative estimate of drug-likeness (QED) is 0.598. The third kappa shape index (κ3) is 4.38. The molecule has 1 N–H and O–H groups in total. The molecule has 2 aliphatic rings. The second-order valence-corrected chi connectivity index (χ2v) is 9.03. The highest BCUT2D eigenvalue weighted by atomic mass is 16.5. The molecule has 0 spiro atoms. The van der Waals surface area contributed by atoms with Crippen molar-refractivity contribution in [2.45, 2.75) is 58.8 Å². The number of rotatable bonds is 6. The van der Waals surface area contributed by atoms with Gasteiger partial charge < -0.3 is 9.26 Å². The van der Waals surface area contributed by atoms with E-state index in [1.807, 2.05) is 38.1 Å². The Morgan fingerprint density at radius 2 is 1.97 bits per heavy atom. The minimum Gasteiger partial charge on any atom is -0.491 e. The van der Waals surface area contributed by atoms with Gasteiger partial charge in [-0.05, 0) is 69.5 Å². The molecular weight excluding hydrogens is 432 g/mol. The number of carbonyl (C=O) groups is 1. The van der Waals surface area contributed by atoms with Crippen LogP contribution >= 0.6 is 0 Å². The van der Waals surface area contributed by atoms with Gasteiger partial charge in [0.2, 0.25) is 11.7 Å². The van der Waals surface area contributed by atoms with Crippen molar-refractivity contribution >= 4 is 12.2 Å². The summed E-state index contributed by atoms with van der Waals surface area (Å²) >= 11 is 0. The third-order valence-electron chi connectivity index (χ3n) is 5.99. The average Bonchev–Trinajstić information content (AvgIpc) is 3.43. The summed E-state index contributed by atoms with van der Waals surface area (Å²) in [5.41, 5.74) is 7.83. The van der Waals surface area contributed by atoms with Gasteiger partial charge in [-0.3, -0.25) is 9.80 Å². The van der Waals surface area contributed by atoms with E-state index in [0.717, 1.165) is 11.3 Å². The molecule has 176 valence electrons. The molecule has 9 heteroatoms. The Hall–Kier alpha value is -3.72. The minimum atomic E-state index is -0.334. The lowest BCUT2D eigenvalue weighted by Gasteiger charge is -2.29. The maximum absolute atomic E-state index is 13.2. The van der Waals surface area contributed by atoms with Gasteiger partial charge in [0.15, 0.2) is 0 Å². The van der Waals surface area contributed by atoms with Crippen molar-refractivity contribution in [3.63, 3.8) is 0 Å². The molecule has 0 saturated carbocycles. The van der Waals surface area contributed by atoms with Crippen molar-refractivity contribution in [3.05, 3.63) is 65.0 Å². The topological polar surface area (TPSA) is 96.1 Å². The van der Waals surface area contributed by atoms with E-state index in [-0.39, 0.29) is 30.6 Å². The molecule has 3 heterocycles. The predicted octanol–water partition coefficient (Wildman–Crippen LogP) is 3.75. The minimum absolute atomic E-state index is 0.0543. The van der Waals surface area contributed by atoms with Crippen LogP contribution in [0.15, 0.2) is 52.1 Å². The smallest absolute Gasteiger partial charge is 0.267 e. The van der Waals surface area contributed by atoms with Gasteiger partial charge in [0.05, 0.1) is 12.1 Å². The van der Waals surface area contributed by atoms with Crippen LogP contribution < -0.4 is 10.2 Å². The van der Waals surface area contributed by atoms with Crippen molar-refractivity contribution in [2.24, 2.45) is 5.10 Å². The molecular formula is C25H28N6O3. The van der Waals surface area contributed by atoms with Crippen LogP contribution in [0.3, 0.4) is 0 Å². The maximum Gasteiger partial charge on any atom is 0.267 e. The molecule has 34 heavy (non-hydrogen) atoms. The number of hydrazine groups is 1. The molecule has 2 atom stereocenters. The second-order valence-electron chi connectivity index (χ2n) is 9.03. The van der Waals surface area contributed by atoms with Crippen molar-refractivity contribution in [3.8, 4) is 17.1 Å². The maximum atomic E-state index is 13.2. The first kappa shape index (κ1) is 22.1. The standard InChI is InChI=1S/C25H28N6O3/c1-15(2)33-19-8-6-18(7-9-19)24-27-23(34-29-24)13-30-25(32)22-12-21(28-31(22)14-26-30)20-10-5-16(3)11-17(20)4/h5-11,14-15,21-22,28H,12-13H2,1-4H3. The number of hydrogen-bond donors (Lipinski definition) is 1. The zero-order valence-electron chi connectivity index (χ0n) is 19.7. The SMILES string of the molecule is Cc1ccc(C2CC3C(=O)N(Cc4nc(-c5ccc(OC(C)C)cc5)no4)N=CN3N2)c(C)c1. The summed E-state index contributed by atoms with van der Waals surface area (Å²) in [7, 11) is 0. The van der Waals surface area contributed by atoms with E-state index in [0.29, 0.717) is 18.1 Å². The Bertz CT molecular complexity index is 1220. The largest absolute Gasteiger partial charge is 0.491 e. The summed E-state index contributed by atoms with van der Waals surface area (Å²) in [6, 6.07) is 13.6.